The third-order valence-electron chi connectivity index (χ3n) is 9.15. The molecule has 1 aromatic carbocycles. The topological polar surface area (TPSA) is 215 Å². The van der Waals surface area contributed by atoms with Gasteiger partial charge in [0, 0.05) is 19.5 Å². The molecule has 0 bridgehead atoms. The maximum Gasteiger partial charge on any atom is 0.246 e. The smallest absolute Gasteiger partial charge is 0.246 e. The molecule has 0 aliphatic carbocycles. The molecule has 3 aliphatic heterocycles. The number of benzene rings is 1. The molecule has 0 unspecified atom stereocenters. The van der Waals surface area contributed by atoms with Gasteiger partial charge in [0.25, 0.3) is 0 Å². The molecule has 3 heterocycles. The second kappa shape index (κ2) is 17.4. The van der Waals surface area contributed by atoms with Crippen LogP contribution in [0.5, 0.6) is 0 Å². The number of nitrogens with one attached hydrogen (secondary N) is 6. The van der Waals surface area contributed by atoms with E-state index in [0.29, 0.717) is 45.2 Å². The Kier molecular flexibility index (Phi) is 13.1. The third kappa shape index (κ3) is 9.99. The molecule has 0 radical (unpaired) electrons. The van der Waals surface area contributed by atoms with Gasteiger partial charge in [-0.1, -0.05) is 50.6 Å². The average Bonchev–Trinajstić information content (AvgIpc) is 3.80. The van der Waals surface area contributed by atoms with E-state index in [4.69, 9.17) is 0 Å². The van der Waals surface area contributed by atoms with E-state index in [-0.39, 0.29) is 18.2 Å². The number of fused-ring (bicyclic) bond motifs is 2. The van der Waals surface area contributed by atoms with Gasteiger partial charge in [0.2, 0.25) is 47.3 Å². The maximum absolute atomic E-state index is 13.8. The second-order valence-corrected chi connectivity index (χ2v) is 12.6. The number of carbonyl (C=O) groups excluding carboxylic acids is 8. The Labute approximate surface area is 284 Å². The second-order valence-electron chi connectivity index (χ2n) is 12.6. The zero-order valence-corrected chi connectivity index (χ0v) is 27.9. The first kappa shape index (κ1) is 36.8. The van der Waals surface area contributed by atoms with E-state index in [0.717, 1.165) is 5.56 Å². The molecule has 0 aromatic heterocycles. The van der Waals surface area contributed by atoms with Crippen LogP contribution in [0.25, 0.3) is 0 Å². The van der Waals surface area contributed by atoms with Gasteiger partial charge in [0.15, 0.2) is 0 Å². The van der Waals surface area contributed by atoms with Crippen LogP contribution in [0.4, 0.5) is 0 Å². The molecule has 0 spiro atoms. The molecule has 3 fully saturated rings. The van der Waals surface area contributed by atoms with Crippen LogP contribution < -0.4 is 31.9 Å². The standard InChI is InChI=1S/C33H46N8O8/c1-3-20(2)29-32(48)37-17-26(43)34-16-25(42)35-19-28(45)40-13-8-12-24(40)33(49)41-14-7-11-23(41)31(47)38-22(15-21-9-5-4-6-10-21)30(46)36-18-27(44)39-29/h4-6,9-10,20,22-24,29H,3,7-8,11-19H2,1-2H3,(H,34,43)(H,35,42)(H,36,46)(H,37,48)(H,38,47)(H,39,44)/t20-,22-,23-,24-,29-/m0/s1. The summed E-state index contributed by atoms with van der Waals surface area (Å²) < 4.78 is 0. The van der Waals surface area contributed by atoms with Gasteiger partial charge in [0.05, 0.1) is 26.2 Å². The molecule has 49 heavy (non-hydrogen) atoms. The fourth-order valence-corrected chi connectivity index (χ4v) is 6.22. The first-order chi connectivity index (χ1) is 23.5. The zero-order chi connectivity index (χ0) is 35.5. The van der Waals surface area contributed by atoms with E-state index in [9.17, 15) is 38.4 Å². The van der Waals surface area contributed by atoms with E-state index in [2.05, 4.69) is 31.9 Å². The lowest BCUT2D eigenvalue weighted by atomic mass is 9.98. The monoisotopic (exact) mass is 682 g/mol. The van der Waals surface area contributed by atoms with Crippen molar-refractivity contribution in [1.82, 2.24) is 41.7 Å². The van der Waals surface area contributed by atoms with Crippen LogP contribution in [0.3, 0.4) is 0 Å². The van der Waals surface area contributed by atoms with Gasteiger partial charge in [-0.25, -0.2) is 0 Å². The van der Waals surface area contributed by atoms with Crippen LogP contribution in [0.2, 0.25) is 0 Å². The van der Waals surface area contributed by atoms with Crippen molar-refractivity contribution in [3.63, 3.8) is 0 Å². The minimum Gasteiger partial charge on any atom is -0.346 e. The molecule has 3 saturated heterocycles. The summed E-state index contributed by atoms with van der Waals surface area (Å²) in [5.41, 5.74) is 0.754. The molecule has 1 aromatic rings. The number of nitrogens with zero attached hydrogens (tertiary/aromatic N) is 2. The minimum atomic E-state index is -1.09. The molecule has 8 amide bonds. The summed E-state index contributed by atoms with van der Waals surface area (Å²) in [6.07, 6.45) is 2.49. The van der Waals surface area contributed by atoms with Crippen molar-refractivity contribution in [2.45, 2.75) is 76.5 Å². The molecule has 5 atom stereocenters. The van der Waals surface area contributed by atoms with Gasteiger partial charge in [0.1, 0.15) is 24.2 Å². The Hall–Kier alpha value is -5.02. The van der Waals surface area contributed by atoms with Crippen molar-refractivity contribution >= 4 is 47.3 Å². The van der Waals surface area contributed by atoms with E-state index in [1.165, 1.54) is 9.80 Å². The van der Waals surface area contributed by atoms with Crippen LogP contribution in [-0.4, -0.2) is 120 Å². The Morgan fingerprint density at radius 2 is 1.27 bits per heavy atom. The lowest BCUT2D eigenvalue weighted by Gasteiger charge is -2.31. The molecular weight excluding hydrogens is 636 g/mol. The highest BCUT2D eigenvalue weighted by Crippen LogP contribution is 2.25. The molecule has 0 saturated carbocycles. The molecule has 266 valence electrons. The fourth-order valence-electron chi connectivity index (χ4n) is 6.22. The van der Waals surface area contributed by atoms with Gasteiger partial charge in [-0.2, -0.15) is 0 Å². The summed E-state index contributed by atoms with van der Waals surface area (Å²) in [5.74, 6) is -4.93. The summed E-state index contributed by atoms with van der Waals surface area (Å²) in [4.78, 5) is 108. The van der Waals surface area contributed by atoms with Crippen molar-refractivity contribution in [2.75, 3.05) is 39.3 Å². The Bertz CT molecular complexity index is 1420. The largest absolute Gasteiger partial charge is 0.346 e. The molecule has 6 N–H and O–H groups in total. The van der Waals surface area contributed by atoms with Gasteiger partial charge < -0.3 is 41.7 Å². The zero-order valence-electron chi connectivity index (χ0n) is 27.9. The van der Waals surface area contributed by atoms with Crippen molar-refractivity contribution in [3.05, 3.63) is 35.9 Å². The minimum absolute atomic E-state index is 0.108. The Morgan fingerprint density at radius 1 is 0.673 bits per heavy atom. The van der Waals surface area contributed by atoms with Gasteiger partial charge in [-0.3, -0.25) is 38.4 Å². The van der Waals surface area contributed by atoms with Crippen molar-refractivity contribution in [2.24, 2.45) is 5.92 Å². The van der Waals surface area contributed by atoms with Gasteiger partial charge in [-0.15, -0.1) is 0 Å². The van der Waals surface area contributed by atoms with Crippen LogP contribution in [-0.2, 0) is 44.8 Å². The highest BCUT2D eigenvalue weighted by Gasteiger charge is 2.42. The number of hydrogen-bond acceptors (Lipinski definition) is 8. The molecular formula is C33H46N8O8. The third-order valence-corrected chi connectivity index (χ3v) is 9.15. The normalized spacial score (nSPS) is 26.2. The average molecular weight is 683 g/mol. The maximum atomic E-state index is 13.8. The highest BCUT2D eigenvalue weighted by molar-refractivity contribution is 5.97. The van der Waals surface area contributed by atoms with Crippen LogP contribution in [0, 0.1) is 5.92 Å². The first-order valence-corrected chi connectivity index (χ1v) is 16.8. The predicted octanol–water partition coefficient (Wildman–Crippen LogP) is -2.29. The number of rotatable bonds is 4. The van der Waals surface area contributed by atoms with E-state index >= 15 is 0 Å². The van der Waals surface area contributed by atoms with E-state index in [1.807, 2.05) is 13.0 Å². The highest BCUT2D eigenvalue weighted by atomic mass is 16.2. The lowest BCUT2D eigenvalue weighted by Crippen LogP contribution is -2.58. The van der Waals surface area contributed by atoms with Crippen molar-refractivity contribution in [3.8, 4) is 0 Å². The molecule has 4 rings (SSSR count). The fraction of sp³-hybridized carbons (Fsp3) is 0.576. The van der Waals surface area contributed by atoms with Gasteiger partial charge >= 0.3 is 0 Å². The van der Waals surface area contributed by atoms with E-state index < -0.39 is 91.7 Å². The summed E-state index contributed by atoms with van der Waals surface area (Å²) in [5, 5.41) is 15.2. The first-order valence-electron chi connectivity index (χ1n) is 16.8. The van der Waals surface area contributed by atoms with Crippen LogP contribution in [0.15, 0.2) is 30.3 Å². The number of carbonyl (C=O) groups is 8. The quantitative estimate of drug-likeness (QED) is 0.203. The predicted molar refractivity (Wildman–Crippen MR) is 175 cm³/mol. The number of hydrogen-bond donors (Lipinski definition) is 6. The van der Waals surface area contributed by atoms with Crippen LogP contribution >= 0.6 is 0 Å². The molecule has 3 aliphatic rings. The van der Waals surface area contributed by atoms with Crippen LogP contribution in [0.1, 0.15) is 51.5 Å². The molecule has 16 nitrogen and oxygen atoms in total. The lowest BCUT2D eigenvalue weighted by molar-refractivity contribution is -0.146. The Morgan fingerprint density at radius 3 is 1.96 bits per heavy atom. The number of amides is 8. The van der Waals surface area contributed by atoms with E-state index in [1.54, 1.807) is 31.2 Å². The summed E-state index contributed by atoms with van der Waals surface area (Å²) in [6, 6.07) is 5.20. The summed E-state index contributed by atoms with van der Waals surface area (Å²) >= 11 is 0. The van der Waals surface area contributed by atoms with Crippen molar-refractivity contribution in [1.29, 1.82) is 0 Å². The summed E-state index contributed by atoms with van der Waals surface area (Å²) in [6.45, 7) is 2.36. The summed E-state index contributed by atoms with van der Waals surface area (Å²) in [7, 11) is 0. The van der Waals surface area contributed by atoms with Gasteiger partial charge in [-0.05, 0) is 37.2 Å². The van der Waals surface area contributed by atoms with Crippen molar-refractivity contribution < 1.29 is 38.4 Å². The Balaban J connectivity index is 1.56. The SMILES string of the molecule is CC[C@H](C)[C@@H]1NC(=O)CNC(=O)[C@H](Cc2ccccc2)NC(=O)[C@@H]2CCCN2C(=O)[C@@H]2CCCN2C(=O)CNC(=O)CNC(=O)CNC1=O. The molecule has 16 heteroatoms.